The Hall–Kier alpha value is -2.34. The zero-order valence-corrected chi connectivity index (χ0v) is 18.0. The van der Waals surface area contributed by atoms with Gasteiger partial charge in [0.25, 0.3) is 0 Å². The molecule has 148 valence electrons. The fourth-order valence-corrected chi connectivity index (χ4v) is 4.06. The molecule has 3 aromatic rings. The van der Waals surface area contributed by atoms with E-state index in [1.165, 1.54) is 7.11 Å². The lowest BCUT2D eigenvalue weighted by atomic mass is 10.1. The van der Waals surface area contributed by atoms with Crippen molar-refractivity contribution < 1.29 is 9.53 Å². The van der Waals surface area contributed by atoms with E-state index in [0.29, 0.717) is 6.54 Å². The van der Waals surface area contributed by atoms with Crippen LogP contribution in [0.15, 0.2) is 51.7 Å². The van der Waals surface area contributed by atoms with Crippen LogP contribution in [0, 0.1) is 6.92 Å². The van der Waals surface area contributed by atoms with E-state index in [1.54, 1.807) is 9.13 Å². The Morgan fingerprint density at radius 1 is 1.18 bits per heavy atom. The van der Waals surface area contributed by atoms with Crippen LogP contribution < -0.4 is 5.69 Å². The summed E-state index contributed by atoms with van der Waals surface area (Å²) in [4.78, 5) is 25.4. The molecule has 0 spiro atoms. The molecule has 1 aromatic heterocycles. The van der Waals surface area contributed by atoms with E-state index in [2.05, 4.69) is 22.9 Å². The number of nitrogens with zero attached hydrogens (tertiary/aromatic N) is 2. The Labute approximate surface area is 173 Å². The van der Waals surface area contributed by atoms with E-state index in [9.17, 15) is 9.59 Å². The second kappa shape index (κ2) is 8.78. The van der Waals surface area contributed by atoms with Crippen molar-refractivity contribution in [1.82, 2.24) is 9.13 Å². The second-order valence-electron chi connectivity index (χ2n) is 7.02. The molecule has 0 aliphatic carbocycles. The summed E-state index contributed by atoms with van der Waals surface area (Å²) in [5, 5.41) is 0. The molecule has 1 atom stereocenters. The van der Waals surface area contributed by atoms with Gasteiger partial charge in [0.1, 0.15) is 0 Å². The molecule has 0 saturated carbocycles. The van der Waals surface area contributed by atoms with Crippen LogP contribution >= 0.6 is 15.9 Å². The number of fused-ring (bicyclic) bond motifs is 1. The first kappa shape index (κ1) is 20.4. The Morgan fingerprint density at radius 2 is 1.89 bits per heavy atom. The van der Waals surface area contributed by atoms with Crippen molar-refractivity contribution >= 4 is 32.9 Å². The molecular formula is C22H25BrN2O3. The van der Waals surface area contributed by atoms with Crippen molar-refractivity contribution in [1.29, 1.82) is 0 Å². The van der Waals surface area contributed by atoms with Crippen molar-refractivity contribution in [3.8, 4) is 0 Å². The zero-order chi connectivity index (χ0) is 20.3. The van der Waals surface area contributed by atoms with Gasteiger partial charge in [-0.05, 0) is 48.7 Å². The number of hydrogen-bond donors (Lipinski definition) is 0. The predicted octanol–water partition coefficient (Wildman–Crippen LogP) is 4.83. The molecule has 0 aliphatic rings. The third-order valence-electron chi connectivity index (χ3n) is 5.13. The Bertz CT molecular complexity index is 1050. The molecule has 0 aliphatic heterocycles. The quantitative estimate of drug-likeness (QED) is 0.490. The molecule has 3 rings (SSSR count). The molecule has 1 heterocycles. The molecule has 0 fully saturated rings. The summed E-state index contributed by atoms with van der Waals surface area (Å²) in [5.41, 5.74) is 3.84. The number of carbonyl (C=O) groups excluding carboxylic acids is 1. The number of benzene rings is 2. The molecule has 28 heavy (non-hydrogen) atoms. The summed E-state index contributed by atoms with van der Waals surface area (Å²) in [6.07, 6.45) is 1.80. The third-order valence-corrected chi connectivity index (χ3v) is 5.62. The predicted molar refractivity (Wildman–Crippen MR) is 115 cm³/mol. The highest BCUT2D eigenvalue weighted by Crippen LogP contribution is 2.25. The van der Waals surface area contributed by atoms with Crippen LogP contribution in [0.2, 0.25) is 0 Å². The molecule has 1 unspecified atom stereocenters. The van der Waals surface area contributed by atoms with Crippen molar-refractivity contribution in [2.45, 2.75) is 45.7 Å². The topological polar surface area (TPSA) is 53.2 Å². The highest BCUT2D eigenvalue weighted by Gasteiger charge is 2.23. The van der Waals surface area contributed by atoms with Gasteiger partial charge in [0, 0.05) is 10.5 Å². The molecule has 0 radical (unpaired) electrons. The summed E-state index contributed by atoms with van der Waals surface area (Å²) in [6.45, 7) is 4.58. The zero-order valence-electron chi connectivity index (χ0n) is 16.4. The number of ether oxygens (including phenoxy) is 1. The molecule has 0 N–H and O–H groups in total. The van der Waals surface area contributed by atoms with Gasteiger partial charge in [0.2, 0.25) is 0 Å². The molecule has 5 nitrogen and oxygen atoms in total. The molecule has 2 aromatic carbocycles. The van der Waals surface area contributed by atoms with Crippen LogP contribution in [-0.2, 0) is 16.1 Å². The molecular weight excluding hydrogens is 420 g/mol. The van der Waals surface area contributed by atoms with Gasteiger partial charge in [0.05, 0.1) is 31.1 Å². The summed E-state index contributed by atoms with van der Waals surface area (Å²) >= 11 is 3.52. The molecule has 0 amide bonds. The average Bonchev–Trinajstić information content (AvgIpc) is 2.96. The number of methoxy groups -OCH3 is 1. The second-order valence-corrected chi connectivity index (χ2v) is 7.94. The van der Waals surface area contributed by atoms with Gasteiger partial charge in [-0.1, -0.05) is 47.5 Å². The van der Waals surface area contributed by atoms with E-state index in [4.69, 9.17) is 4.74 Å². The van der Waals surface area contributed by atoms with Crippen LogP contribution in [0.4, 0.5) is 0 Å². The maximum Gasteiger partial charge on any atom is 0.329 e. The number of imidazole rings is 1. The van der Waals surface area contributed by atoms with Crippen molar-refractivity contribution in [2.24, 2.45) is 0 Å². The monoisotopic (exact) mass is 444 g/mol. The van der Waals surface area contributed by atoms with E-state index < -0.39 is 0 Å². The van der Waals surface area contributed by atoms with E-state index in [0.717, 1.165) is 39.5 Å². The van der Waals surface area contributed by atoms with Crippen LogP contribution in [0.3, 0.4) is 0 Å². The summed E-state index contributed by atoms with van der Waals surface area (Å²) in [5.74, 6) is -0.301. The van der Waals surface area contributed by atoms with Crippen LogP contribution in [0.5, 0.6) is 0 Å². The van der Waals surface area contributed by atoms with Gasteiger partial charge >= 0.3 is 11.7 Å². The maximum atomic E-state index is 13.4. The maximum absolute atomic E-state index is 13.4. The summed E-state index contributed by atoms with van der Waals surface area (Å²) in [7, 11) is 1.38. The minimum Gasteiger partial charge on any atom is -0.469 e. The Kier molecular flexibility index (Phi) is 6.39. The number of aromatic nitrogens is 2. The van der Waals surface area contributed by atoms with Gasteiger partial charge in [-0.3, -0.25) is 13.9 Å². The lowest BCUT2D eigenvalue weighted by Gasteiger charge is -2.17. The van der Waals surface area contributed by atoms with Gasteiger partial charge in [0.15, 0.2) is 0 Å². The first-order valence-electron chi connectivity index (χ1n) is 9.47. The Balaban J connectivity index is 2.15. The van der Waals surface area contributed by atoms with E-state index in [-0.39, 0.29) is 24.1 Å². The van der Waals surface area contributed by atoms with Crippen molar-refractivity contribution in [3.63, 3.8) is 0 Å². The minimum atomic E-state index is -0.301. The summed E-state index contributed by atoms with van der Waals surface area (Å²) < 4.78 is 9.41. The number of rotatable bonds is 7. The van der Waals surface area contributed by atoms with Crippen molar-refractivity contribution in [2.75, 3.05) is 7.11 Å². The number of carbonyl (C=O) groups is 1. The number of aryl methyl sites for hydroxylation is 1. The highest BCUT2D eigenvalue weighted by molar-refractivity contribution is 9.10. The number of hydrogen-bond acceptors (Lipinski definition) is 3. The molecule has 6 heteroatoms. The van der Waals surface area contributed by atoms with Crippen LogP contribution in [0.25, 0.3) is 11.0 Å². The number of para-hydroxylation sites is 2. The van der Waals surface area contributed by atoms with Crippen molar-refractivity contribution in [3.05, 3.63) is 68.5 Å². The average molecular weight is 445 g/mol. The number of esters is 1. The highest BCUT2D eigenvalue weighted by atomic mass is 79.9. The smallest absolute Gasteiger partial charge is 0.329 e. The van der Waals surface area contributed by atoms with E-state index >= 15 is 0 Å². The molecule has 0 bridgehead atoms. The fraction of sp³-hybridized carbons (Fsp3) is 0.364. The van der Waals surface area contributed by atoms with E-state index in [1.807, 2.05) is 49.4 Å². The minimum absolute atomic E-state index is 0.0945. The molecule has 0 saturated heterocycles. The summed E-state index contributed by atoms with van der Waals surface area (Å²) in [6, 6.07) is 13.6. The Morgan fingerprint density at radius 3 is 2.57 bits per heavy atom. The van der Waals surface area contributed by atoms with Gasteiger partial charge in [-0.25, -0.2) is 4.79 Å². The first-order valence-corrected chi connectivity index (χ1v) is 10.3. The lowest BCUT2D eigenvalue weighted by molar-refractivity contribution is -0.141. The van der Waals surface area contributed by atoms with Crippen LogP contribution in [0.1, 0.15) is 43.4 Å². The lowest BCUT2D eigenvalue weighted by Crippen LogP contribution is -2.29. The van der Waals surface area contributed by atoms with Gasteiger partial charge < -0.3 is 4.74 Å². The normalized spacial score (nSPS) is 12.3. The standard InChI is InChI=1S/C22H25BrN2O3/c1-4-7-18(13-21(26)28-3)25-20-9-6-5-8-19(20)24(22(25)27)14-16-12-17(23)11-10-15(16)2/h5-6,8-12,18H,4,7,13-14H2,1-3H3. The van der Waals surface area contributed by atoms with Gasteiger partial charge in [-0.2, -0.15) is 0 Å². The third kappa shape index (κ3) is 4.07. The number of halogens is 1. The first-order chi connectivity index (χ1) is 13.5. The van der Waals surface area contributed by atoms with Crippen LogP contribution in [-0.4, -0.2) is 22.2 Å². The van der Waals surface area contributed by atoms with Gasteiger partial charge in [-0.15, -0.1) is 0 Å². The SMILES string of the molecule is CCCC(CC(=O)OC)n1c(=O)n(Cc2cc(Br)ccc2C)c2ccccc21. The largest absolute Gasteiger partial charge is 0.469 e. The fourth-order valence-electron chi connectivity index (χ4n) is 3.65.